The summed E-state index contributed by atoms with van der Waals surface area (Å²) in [5.41, 5.74) is 1.04. The van der Waals surface area contributed by atoms with Gasteiger partial charge in [0, 0.05) is 33.4 Å². The summed E-state index contributed by atoms with van der Waals surface area (Å²) in [6.07, 6.45) is 6.94. The van der Waals surface area contributed by atoms with Gasteiger partial charge in [-0.25, -0.2) is 0 Å². The fourth-order valence-corrected chi connectivity index (χ4v) is 4.44. The average Bonchev–Trinajstić information content (AvgIpc) is 3.39. The normalized spacial score (nSPS) is 29.6. The van der Waals surface area contributed by atoms with Gasteiger partial charge in [-0.15, -0.1) is 0 Å². The third-order valence-electron chi connectivity index (χ3n) is 5.77. The number of nitrogens with zero attached hydrogens (tertiary/aromatic N) is 4. The summed E-state index contributed by atoms with van der Waals surface area (Å²) < 4.78 is 1.79. The number of fused-ring (bicyclic) bond motifs is 5. The van der Waals surface area contributed by atoms with E-state index < -0.39 is 0 Å². The minimum atomic E-state index is -0.125. The van der Waals surface area contributed by atoms with E-state index in [1.807, 2.05) is 13.1 Å². The molecule has 2 aliphatic carbocycles. The van der Waals surface area contributed by atoms with Crippen molar-refractivity contribution >= 4 is 17.8 Å². The van der Waals surface area contributed by atoms with Gasteiger partial charge in [-0.1, -0.05) is 12.2 Å². The van der Waals surface area contributed by atoms with E-state index in [9.17, 15) is 9.59 Å². The third kappa shape index (κ3) is 2.69. The number of hydrogen-bond acceptors (Lipinski definition) is 4. The zero-order valence-corrected chi connectivity index (χ0v) is 15.1. The number of carbonyl (C=O) groups is 2. The number of aryl methyl sites for hydroxylation is 1. The van der Waals surface area contributed by atoms with Crippen LogP contribution in [0.2, 0.25) is 0 Å². The van der Waals surface area contributed by atoms with Crippen LogP contribution in [-0.2, 0) is 23.2 Å². The number of allylic oxidation sites excluding steroid dienone is 2. The van der Waals surface area contributed by atoms with Crippen LogP contribution in [-0.4, -0.2) is 52.6 Å². The molecule has 2 heterocycles. The molecule has 1 aromatic rings. The highest BCUT2D eigenvalue weighted by Crippen LogP contribution is 2.52. The number of rotatable bonds is 5. The molecule has 3 aliphatic rings. The molecule has 2 fully saturated rings. The van der Waals surface area contributed by atoms with E-state index in [-0.39, 0.29) is 35.5 Å². The first-order chi connectivity index (χ1) is 12.6. The lowest BCUT2D eigenvalue weighted by Gasteiger charge is -2.18. The maximum Gasteiger partial charge on any atom is 0.233 e. The average molecular weight is 356 g/mol. The molecular formula is C18H24N6O2. The Morgan fingerprint density at radius 2 is 1.92 bits per heavy atom. The molecule has 0 aromatic carbocycles. The summed E-state index contributed by atoms with van der Waals surface area (Å²) in [7, 11) is 3.58. The maximum atomic E-state index is 12.6. The Morgan fingerprint density at radius 1 is 1.23 bits per heavy atom. The number of hydrogen-bond donors (Lipinski definition) is 2. The van der Waals surface area contributed by atoms with Crippen LogP contribution in [0, 0.1) is 23.7 Å². The second-order valence-electron chi connectivity index (χ2n) is 7.13. The van der Waals surface area contributed by atoms with Crippen LogP contribution < -0.4 is 10.6 Å². The predicted octanol–water partition coefficient (Wildman–Crippen LogP) is -0.108. The van der Waals surface area contributed by atoms with Gasteiger partial charge in [-0.2, -0.15) is 5.10 Å². The first-order valence-corrected chi connectivity index (χ1v) is 9.05. The van der Waals surface area contributed by atoms with E-state index in [0.29, 0.717) is 25.6 Å². The molecular weight excluding hydrogens is 332 g/mol. The van der Waals surface area contributed by atoms with Crippen LogP contribution in [0.15, 0.2) is 29.4 Å². The first-order valence-electron chi connectivity index (χ1n) is 9.05. The highest BCUT2D eigenvalue weighted by molar-refractivity contribution is 6.06. The lowest BCUT2D eigenvalue weighted by Crippen LogP contribution is -2.43. The quantitative estimate of drug-likeness (QED) is 0.333. The molecule has 8 heteroatoms. The molecule has 1 aliphatic heterocycles. The minimum absolute atomic E-state index is 0.00326. The van der Waals surface area contributed by atoms with Gasteiger partial charge < -0.3 is 10.6 Å². The third-order valence-corrected chi connectivity index (χ3v) is 5.77. The predicted molar refractivity (Wildman–Crippen MR) is 95.8 cm³/mol. The summed E-state index contributed by atoms with van der Waals surface area (Å²) in [5.74, 6) is 0.889. The van der Waals surface area contributed by atoms with Crippen molar-refractivity contribution in [1.29, 1.82) is 0 Å². The smallest absolute Gasteiger partial charge is 0.233 e. The molecule has 0 radical (unpaired) electrons. The van der Waals surface area contributed by atoms with E-state index in [1.165, 1.54) is 4.90 Å². The zero-order chi connectivity index (χ0) is 18.3. The number of guanidine groups is 1. The molecule has 1 saturated heterocycles. The van der Waals surface area contributed by atoms with E-state index in [4.69, 9.17) is 0 Å². The number of carbonyl (C=O) groups excluding carboxylic acids is 2. The standard InChI is InChI=1S/C18H24N6O2/c1-19-18(21-10-13-5-6-22-23(13)2)20-7-8-24-16(25)14-11-3-4-12(9-11)15(14)17(24)26/h3-6,11-12,14-15H,7-10H2,1-2H3,(H2,19,20,21). The van der Waals surface area contributed by atoms with E-state index >= 15 is 0 Å². The molecule has 138 valence electrons. The molecule has 2 N–H and O–H groups in total. The number of nitrogens with one attached hydrogen (secondary N) is 2. The Bertz CT molecular complexity index is 752. The Kier molecular flexibility index (Phi) is 4.26. The number of likely N-dealkylation sites (tertiary alicyclic amines) is 1. The lowest BCUT2D eigenvalue weighted by molar-refractivity contribution is -0.140. The number of aromatic nitrogens is 2. The Hall–Kier alpha value is -2.64. The van der Waals surface area contributed by atoms with Crippen molar-refractivity contribution in [3.05, 3.63) is 30.1 Å². The Balaban J connectivity index is 1.28. The fourth-order valence-electron chi connectivity index (χ4n) is 4.44. The van der Waals surface area contributed by atoms with Gasteiger partial charge in [0.1, 0.15) is 0 Å². The Morgan fingerprint density at radius 3 is 2.50 bits per heavy atom. The topological polar surface area (TPSA) is 91.6 Å². The van der Waals surface area contributed by atoms with Crippen molar-refractivity contribution in [1.82, 2.24) is 25.3 Å². The summed E-state index contributed by atoms with van der Waals surface area (Å²) in [5, 5.41) is 10.5. The molecule has 0 spiro atoms. The fraction of sp³-hybridized carbons (Fsp3) is 0.556. The summed E-state index contributed by atoms with van der Waals surface area (Å²) >= 11 is 0. The molecule has 4 unspecified atom stereocenters. The van der Waals surface area contributed by atoms with Crippen LogP contribution in [0.5, 0.6) is 0 Å². The number of aliphatic imine (C=N–C) groups is 1. The number of imide groups is 1. The second kappa shape index (κ2) is 6.59. The van der Waals surface area contributed by atoms with E-state index in [0.717, 1.165) is 12.1 Å². The molecule has 2 amide bonds. The van der Waals surface area contributed by atoms with Crippen LogP contribution in [0.3, 0.4) is 0 Å². The molecule has 4 rings (SSSR count). The highest BCUT2D eigenvalue weighted by Gasteiger charge is 2.58. The summed E-state index contributed by atoms with van der Waals surface area (Å²) in [6.45, 7) is 1.44. The zero-order valence-electron chi connectivity index (χ0n) is 15.1. The molecule has 26 heavy (non-hydrogen) atoms. The van der Waals surface area contributed by atoms with Gasteiger partial charge in [0.2, 0.25) is 11.8 Å². The second-order valence-corrected chi connectivity index (χ2v) is 7.13. The summed E-state index contributed by atoms with van der Waals surface area (Å²) in [6, 6.07) is 1.93. The first kappa shape index (κ1) is 16.8. The lowest BCUT2D eigenvalue weighted by atomic mass is 9.85. The van der Waals surface area contributed by atoms with E-state index in [2.05, 4.69) is 32.9 Å². The van der Waals surface area contributed by atoms with Gasteiger partial charge >= 0.3 is 0 Å². The maximum absolute atomic E-state index is 12.6. The van der Waals surface area contributed by atoms with Crippen molar-refractivity contribution in [2.24, 2.45) is 35.7 Å². The van der Waals surface area contributed by atoms with Gasteiger partial charge in [0.05, 0.1) is 24.1 Å². The van der Waals surface area contributed by atoms with Crippen molar-refractivity contribution in [3.8, 4) is 0 Å². The van der Waals surface area contributed by atoms with Crippen molar-refractivity contribution < 1.29 is 9.59 Å². The molecule has 1 aromatic heterocycles. The van der Waals surface area contributed by atoms with Crippen molar-refractivity contribution in [3.63, 3.8) is 0 Å². The van der Waals surface area contributed by atoms with Crippen LogP contribution in [0.25, 0.3) is 0 Å². The molecule has 2 bridgehead atoms. The molecule has 4 atom stereocenters. The highest BCUT2D eigenvalue weighted by atomic mass is 16.2. The summed E-state index contributed by atoms with van der Waals surface area (Å²) in [4.78, 5) is 30.9. The monoisotopic (exact) mass is 356 g/mol. The Labute approximate surface area is 152 Å². The minimum Gasteiger partial charge on any atom is -0.355 e. The van der Waals surface area contributed by atoms with Gasteiger partial charge in [-0.3, -0.25) is 24.2 Å². The van der Waals surface area contributed by atoms with Crippen LogP contribution in [0.1, 0.15) is 12.1 Å². The largest absolute Gasteiger partial charge is 0.355 e. The SMILES string of the molecule is CN=C(NCCN1C(=O)C2C3C=CC(C3)C2C1=O)NCc1ccnn1C. The van der Waals surface area contributed by atoms with Crippen molar-refractivity contribution in [2.75, 3.05) is 20.1 Å². The number of amides is 2. The van der Waals surface area contributed by atoms with E-state index in [1.54, 1.807) is 17.9 Å². The molecule has 8 nitrogen and oxygen atoms in total. The van der Waals surface area contributed by atoms with Gasteiger partial charge in [0.25, 0.3) is 0 Å². The van der Waals surface area contributed by atoms with Crippen molar-refractivity contribution in [2.45, 2.75) is 13.0 Å². The molecule has 1 saturated carbocycles. The van der Waals surface area contributed by atoms with Crippen LogP contribution >= 0.6 is 0 Å². The van der Waals surface area contributed by atoms with Gasteiger partial charge in [-0.05, 0) is 24.3 Å². The van der Waals surface area contributed by atoms with Crippen LogP contribution in [0.4, 0.5) is 0 Å². The van der Waals surface area contributed by atoms with Gasteiger partial charge in [0.15, 0.2) is 5.96 Å².